The second kappa shape index (κ2) is 8.00. The lowest BCUT2D eigenvalue weighted by Crippen LogP contribution is -2.19. The maximum atomic E-state index is 12.4. The number of nitrogens with zero attached hydrogens (tertiary/aromatic N) is 1. The predicted octanol–water partition coefficient (Wildman–Crippen LogP) is 3.11. The number of aromatic nitrogens is 2. The fourth-order valence-corrected chi connectivity index (χ4v) is 4.67. The van der Waals surface area contributed by atoms with Crippen LogP contribution in [0.25, 0.3) is 22.4 Å². The first kappa shape index (κ1) is 18.5. The van der Waals surface area contributed by atoms with E-state index in [0.29, 0.717) is 22.6 Å². The molecule has 4 rings (SSSR count). The predicted molar refractivity (Wildman–Crippen MR) is 115 cm³/mol. The van der Waals surface area contributed by atoms with Crippen LogP contribution in [0.1, 0.15) is 17.5 Å². The third-order valence-corrected chi connectivity index (χ3v) is 5.98. The van der Waals surface area contributed by atoms with Crippen LogP contribution in [0.5, 0.6) is 11.5 Å². The van der Waals surface area contributed by atoms with Crippen LogP contribution in [0.2, 0.25) is 0 Å². The maximum absolute atomic E-state index is 12.4. The summed E-state index contributed by atoms with van der Waals surface area (Å²) < 4.78 is 13.4. The Balaban J connectivity index is 1.73. The molecule has 28 heavy (non-hydrogen) atoms. The van der Waals surface area contributed by atoms with Crippen molar-refractivity contribution >= 4 is 45.0 Å². The number of para-hydroxylation sites is 1. The van der Waals surface area contributed by atoms with Gasteiger partial charge in [-0.25, -0.2) is 4.98 Å². The topological polar surface area (TPSA) is 64.2 Å². The first-order valence-corrected chi connectivity index (χ1v) is 10.4. The van der Waals surface area contributed by atoms with Gasteiger partial charge in [-0.2, -0.15) is 0 Å². The molecular formula is C21H18N2O3S2. The highest BCUT2D eigenvalue weighted by Gasteiger charge is 2.05. The molecule has 7 heteroatoms. The van der Waals surface area contributed by atoms with E-state index < -0.39 is 0 Å². The van der Waals surface area contributed by atoms with E-state index in [9.17, 15) is 4.79 Å². The summed E-state index contributed by atoms with van der Waals surface area (Å²) in [4.78, 5) is 19.9. The molecule has 0 fully saturated rings. The van der Waals surface area contributed by atoms with Crippen molar-refractivity contribution in [1.82, 2.24) is 9.97 Å². The van der Waals surface area contributed by atoms with Crippen molar-refractivity contribution in [2.24, 2.45) is 0 Å². The zero-order valence-corrected chi connectivity index (χ0v) is 17.0. The maximum Gasteiger partial charge on any atom is 0.266 e. The molecule has 4 aromatic rings. The van der Waals surface area contributed by atoms with E-state index in [1.54, 1.807) is 18.4 Å². The van der Waals surface area contributed by atoms with Crippen molar-refractivity contribution in [2.45, 2.75) is 6.92 Å². The average Bonchev–Trinajstić information content (AvgIpc) is 3.25. The van der Waals surface area contributed by atoms with E-state index in [1.807, 2.05) is 61.5 Å². The molecule has 0 saturated carbocycles. The minimum atomic E-state index is -0.119. The molecule has 0 aliphatic heterocycles. The second-order valence-corrected chi connectivity index (χ2v) is 8.08. The minimum Gasteiger partial charge on any atom is -0.493 e. The number of thiazole rings is 2. The first-order valence-electron chi connectivity index (χ1n) is 8.75. The highest BCUT2D eigenvalue weighted by atomic mass is 32.1. The van der Waals surface area contributed by atoms with E-state index in [1.165, 1.54) is 11.3 Å². The molecule has 2 aromatic heterocycles. The third-order valence-electron chi connectivity index (χ3n) is 4.03. The van der Waals surface area contributed by atoms with Gasteiger partial charge >= 0.3 is 0 Å². The summed E-state index contributed by atoms with van der Waals surface area (Å²) in [5.41, 5.74) is 1.72. The monoisotopic (exact) mass is 410 g/mol. The molecule has 5 nitrogen and oxygen atoms in total. The molecule has 142 valence electrons. The average molecular weight is 411 g/mol. The highest BCUT2D eigenvalue weighted by molar-refractivity contribution is 7.19. The Morgan fingerprint density at radius 2 is 1.96 bits per heavy atom. The van der Waals surface area contributed by atoms with Crippen LogP contribution in [0.15, 0.2) is 47.3 Å². The van der Waals surface area contributed by atoms with Crippen LogP contribution in [0.3, 0.4) is 0 Å². The highest BCUT2D eigenvalue weighted by Crippen LogP contribution is 2.28. The van der Waals surface area contributed by atoms with Crippen LogP contribution in [-0.4, -0.2) is 23.7 Å². The van der Waals surface area contributed by atoms with E-state index >= 15 is 0 Å². The third kappa shape index (κ3) is 3.85. The van der Waals surface area contributed by atoms with Gasteiger partial charge in [-0.1, -0.05) is 18.2 Å². The van der Waals surface area contributed by atoms with Crippen LogP contribution >= 0.6 is 22.7 Å². The SMILES string of the molecule is CCOc1cc(C=c2s/c(=C\c3nc4ccccc4s3)[nH]c2=O)ccc1OC. The lowest BCUT2D eigenvalue weighted by atomic mass is 10.2. The Kier molecular flexibility index (Phi) is 5.27. The number of hydrogen-bond donors (Lipinski definition) is 1. The number of hydrogen-bond acceptors (Lipinski definition) is 6. The van der Waals surface area contributed by atoms with Crippen molar-refractivity contribution in [3.8, 4) is 11.5 Å². The Hall–Kier alpha value is -2.90. The number of ether oxygens (including phenoxy) is 2. The van der Waals surface area contributed by atoms with Crippen LogP contribution in [-0.2, 0) is 0 Å². The zero-order valence-electron chi connectivity index (χ0n) is 15.4. The van der Waals surface area contributed by atoms with Gasteiger partial charge in [0, 0.05) is 6.08 Å². The summed E-state index contributed by atoms with van der Waals surface area (Å²) in [6.45, 7) is 2.46. The Morgan fingerprint density at radius 3 is 2.75 bits per heavy atom. The fraction of sp³-hybridized carbons (Fsp3) is 0.143. The molecule has 0 aliphatic rings. The van der Waals surface area contributed by atoms with Gasteiger partial charge in [0.05, 0.1) is 33.1 Å². The standard InChI is InChI=1S/C21H18N2O3S2/c1-3-26-16-10-13(8-9-15(16)25-2)11-18-21(24)23-20(28-18)12-19-22-14-6-4-5-7-17(14)27-19/h4-12H,3H2,1-2H3,(H,23,24)/b18-11?,20-12-. The van der Waals surface area contributed by atoms with E-state index in [2.05, 4.69) is 9.97 Å². The molecule has 0 atom stereocenters. The number of aromatic amines is 1. The van der Waals surface area contributed by atoms with E-state index in [-0.39, 0.29) is 5.56 Å². The number of nitrogens with one attached hydrogen (secondary N) is 1. The van der Waals surface area contributed by atoms with Gasteiger partial charge < -0.3 is 14.5 Å². The van der Waals surface area contributed by atoms with Gasteiger partial charge in [-0.3, -0.25) is 4.79 Å². The number of H-pyrrole nitrogens is 1. The quantitative estimate of drug-likeness (QED) is 0.549. The van der Waals surface area contributed by atoms with Crippen molar-refractivity contribution in [2.75, 3.05) is 13.7 Å². The molecule has 2 heterocycles. The molecule has 0 unspecified atom stereocenters. The molecule has 0 spiro atoms. The number of fused-ring (bicyclic) bond motifs is 1. The van der Waals surface area contributed by atoms with Crippen LogP contribution < -0.4 is 24.2 Å². The Bertz CT molecular complexity index is 1270. The molecule has 2 aromatic carbocycles. The number of rotatable bonds is 5. The van der Waals surface area contributed by atoms with Crippen molar-refractivity contribution in [3.63, 3.8) is 0 Å². The van der Waals surface area contributed by atoms with Gasteiger partial charge in [-0.05, 0) is 42.8 Å². The fourth-order valence-electron chi connectivity index (χ4n) is 2.79. The number of methoxy groups -OCH3 is 1. The molecule has 0 amide bonds. The van der Waals surface area contributed by atoms with E-state index in [0.717, 1.165) is 25.5 Å². The summed E-state index contributed by atoms with van der Waals surface area (Å²) >= 11 is 3.00. The van der Waals surface area contributed by atoms with Gasteiger partial charge in [0.15, 0.2) is 11.5 Å². The molecule has 0 aliphatic carbocycles. The summed E-state index contributed by atoms with van der Waals surface area (Å²) in [5, 5.41) is 0.869. The minimum absolute atomic E-state index is 0.119. The lowest BCUT2D eigenvalue weighted by molar-refractivity contribution is 0.311. The van der Waals surface area contributed by atoms with Gasteiger partial charge in [-0.15, -0.1) is 22.7 Å². The van der Waals surface area contributed by atoms with Crippen LogP contribution in [0.4, 0.5) is 0 Å². The van der Waals surface area contributed by atoms with Gasteiger partial charge in [0.25, 0.3) is 5.56 Å². The van der Waals surface area contributed by atoms with Crippen molar-refractivity contribution < 1.29 is 9.47 Å². The van der Waals surface area contributed by atoms with Gasteiger partial charge in [0.2, 0.25) is 0 Å². The summed E-state index contributed by atoms with van der Waals surface area (Å²) in [5.74, 6) is 1.33. The number of benzene rings is 2. The first-order chi connectivity index (χ1) is 13.7. The summed E-state index contributed by atoms with van der Waals surface area (Å²) in [6, 6.07) is 13.6. The van der Waals surface area contributed by atoms with Crippen LogP contribution in [0, 0.1) is 0 Å². The molecule has 1 N–H and O–H groups in total. The van der Waals surface area contributed by atoms with Crippen molar-refractivity contribution in [1.29, 1.82) is 0 Å². The molecular weight excluding hydrogens is 392 g/mol. The summed E-state index contributed by atoms with van der Waals surface area (Å²) in [6.07, 6.45) is 3.76. The van der Waals surface area contributed by atoms with Gasteiger partial charge in [0.1, 0.15) is 5.01 Å². The normalized spacial score (nSPS) is 12.6. The second-order valence-electron chi connectivity index (χ2n) is 5.94. The summed E-state index contributed by atoms with van der Waals surface area (Å²) in [7, 11) is 1.61. The molecule has 0 bridgehead atoms. The van der Waals surface area contributed by atoms with Crippen molar-refractivity contribution in [3.05, 3.63) is 72.6 Å². The molecule has 0 radical (unpaired) electrons. The Morgan fingerprint density at radius 1 is 1.11 bits per heavy atom. The Labute approximate surface area is 169 Å². The zero-order chi connectivity index (χ0) is 19.5. The molecule has 0 saturated heterocycles. The van der Waals surface area contributed by atoms with E-state index in [4.69, 9.17) is 9.47 Å². The smallest absolute Gasteiger partial charge is 0.266 e. The largest absolute Gasteiger partial charge is 0.493 e. The lowest BCUT2D eigenvalue weighted by Gasteiger charge is -2.09.